The fourth-order valence-electron chi connectivity index (χ4n) is 1.70. The van der Waals surface area contributed by atoms with Gasteiger partial charge in [-0.05, 0) is 19.1 Å². The van der Waals surface area contributed by atoms with Crippen LogP contribution in [0, 0.1) is 23.7 Å². The van der Waals surface area contributed by atoms with Gasteiger partial charge in [-0.1, -0.05) is 30.2 Å². The minimum Gasteiger partial charge on any atom is -0.477 e. The molecule has 2 rings (SSSR count). The molecule has 0 aliphatic heterocycles. The highest BCUT2D eigenvalue weighted by Crippen LogP contribution is 2.28. The van der Waals surface area contributed by atoms with Gasteiger partial charge >= 0.3 is 0 Å². The Kier molecular flexibility index (Phi) is 2.99. The molecule has 0 saturated carbocycles. The topological polar surface area (TPSA) is 33.0 Å². The summed E-state index contributed by atoms with van der Waals surface area (Å²) in [7, 11) is 0. The Morgan fingerprint density at radius 1 is 1.18 bits per heavy atom. The van der Waals surface area contributed by atoms with Crippen LogP contribution in [0.1, 0.15) is 12.5 Å². The summed E-state index contributed by atoms with van der Waals surface area (Å²) in [6.07, 6.45) is 5.01. The first-order valence-corrected chi connectivity index (χ1v) is 5.31. The monoisotopic (exact) mass is 221 g/mol. The molecule has 0 aliphatic rings. The van der Waals surface area contributed by atoms with Crippen LogP contribution in [0.3, 0.4) is 0 Å². The number of nitrogens with zero attached hydrogens (tertiary/aromatic N) is 1. The van der Waals surface area contributed by atoms with Gasteiger partial charge in [0.15, 0.2) is 6.10 Å². The lowest BCUT2D eigenvalue weighted by Gasteiger charge is -2.12. The highest BCUT2D eigenvalue weighted by Gasteiger charge is 2.07. The quantitative estimate of drug-likeness (QED) is 0.730. The SMILES string of the molecule is C#CC(C)Oc1ccc(C#N)c2ccccc12. The van der Waals surface area contributed by atoms with Crippen molar-refractivity contribution < 1.29 is 4.74 Å². The Bertz CT molecular complexity index is 631. The van der Waals surface area contributed by atoms with Crippen LogP contribution in [0.5, 0.6) is 5.75 Å². The predicted molar refractivity (Wildman–Crippen MR) is 67.6 cm³/mol. The van der Waals surface area contributed by atoms with Gasteiger partial charge in [-0.3, -0.25) is 0 Å². The minimum atomic E-state index is -0.286. The highest BCUT2D eigenvalue weighted by molar-refractivity contribution is 5.92. The number of nitriles is 1. The summed E-state index contributed by atoms with van der Waals surface area (Å²) in [6.45, 7) is 1.81. The van der Waals surface area contributed by atoms with Crippen LogP contribution < -0.4 is 4.74 Å². The lowest BCUT2D eigenvalue weighted by molar-refractivity contribution is 0.282. The van der Waals surface area contributed by atoms with Crippen LogP contribution >= 0.6 is 0 Å². The molecule has 0 saturated heterocycles. The van der Waals surface area contributed by atoms with Gasteiger partial charge in [0.1, 0.15) is 5.75 Å². The van der Waals surface area contributed by atoms with Crippen molar-refractivity contribution in [1.29, 1.82) is 5.26 Å². The predicted octanol–water partition coefficient (Wildman–Crippen LogP) is 3.11. The first-order chi connectivity index (χ1) is 8.26. The molecule has 0 aromatic heterocycles. The van der Waals surface area contributed by atoms with Gasteiger partial charge in [-0.25, -0.2) is 0 Å². The van der Waals surface area contributed by atoms with Crippen LogP contribution in [-0.4, -0.2) is 6.10 Å². The van der Waals surface area contributed by atoms with Crippen LogP contribution in [0.15, 0.2) is 36.4 Å². The third-order valence-electron chi connectivity index (χ3n) is 2.54. The third kappa shape index (κ3) is 2.07. The molecule has 2 aromatic rings. The fraction of sp³-hybridized carbons (Fsp3) is 0.133. The zero-order valence-corrected chi connectivity index (χ0v) is 9.47. The summed E-state index contributed by atoms with van der Waals surface area (Å²) in [5, 5.41) is 10.8. The maximum Gasteiger partial charge on any atom is 0.156 e. The largest absolute Gasteiger partial charge is 0.477 e. The van der Waals surface area contributed by atoms with Gasteiger partial charge < -0.3 is 4.74 Å². The Labute approximate surface area is 100 Å². The van der Waals surface area contributed by atoms with Crippen molar-refractivity contribution in [1.82, 2.24) is 0 Å². The van der Waals surface area contributed by atoms with Crippen LogP contribution in [0.25, 0.3) is 10.8 Å². The lowest BCUT2D eigenvalue weighted by atomic mass is 10.0. The van der Waals surface area contributed by atoms with E-state index in [9.17, 15) is 0 Å². The van der Waals surface area contributed by atoms with Gasteiger partial charge in [0.2, 0.25) is 0 Å². The lowest BCUT2D eigenvalue weighted by Crippen LogP contribution is -2.08. The molecular weight excluding hydrogens is 210 g/mol. The summed E-state index contributed by atoms with van der Waals surface area (Å²) >= 11 is 0. The van der Waals surface area contributed by atoms with E-state index in [1.807, 2.05) is 31.2 Å². The molecule has 2 heteroatoms. The minimum absolute atomic E-state index is 0.286. The van der Waals surface area contributed by atoms with Crippen molar-refractivity contribution in [2.24, 2.45) is 0 Å². The van der Waals surface area contributed by atoms with Crippen LogP contribution in [0.4, 0.5) is 0 Å². The van der Waals surface area contributed by atoms with E-state index >= 15 is 0 Å². The molecule has 0 fully saturated rings. The van der Waals surface area contributed by atoms with E-state index in [1.165, 1.54) is 0 Å². The van der Waals surface area contributed by atoms with Crippen LogP contribution in [0.2, 0.25) is 0 Å². The average molecular weight is 221 g/mol. The standard InChI is InChI=1S/C15H11NO/c1-3-11(2)17-15-9-8-12(10-16)13-6-4-5-7-14(13)15/h1,4-9,11H,2H3. The first-order valence-electron chi connectivity index (χ1n) is 5.31. The van der Waals surface area contributed by atoms with Gasteiger partial charge in [-0.15, -0.1) is 6.42 Å². The summed E-state index contributed by atoms with van der Waals surface area (Å²) in [6, 6.07) is 13.3. The molecule has 0 spiro atoms. The van der Waals surface area contributed by atoms with Crippen molar-refractivity contribution in [3.05, 3.63) is 42.0 Å². The Morgan fingerprint density at radius 3 is 2.53 bits per heavy atom. The molecule has 82 valence electrons. The summed E-state index contributed by atoms with van der Waals surface area (Å²) in [5.41, 5.74) is 0.640. The maximum atomic E-state index is 9.03. The van der Waals surface area contributed by atoms with Crippen LogP contribution in [-0.2, 0) is 0 Å². The van der Waals surface area contributed by atoms with E-state index in [-0.39, 0.29) is 6.10 Å². The number of hydrogen-bond donors (Lipinski definition) is 0. The van der Waals surface area contributed by atoms with Gasteiger partial charge in [-0.2, -0.15) is 5.26 Å². The molecule has 0 N–H and O–H groups in total. The Balaban J connectivity index is 2.60. The summed E-state index contributed by atoms with van der Waals surface area (Å²) < 4.78 is 5.63. The maximum absolute atomic E-state index is 9.03. The van der Waals surface area contributed by atoms with E-state index in [4.69, 9.17) is 16.4 Å². The highest BCUT2D eigenvalue weighted by atomic mass is 16.5. The zero-order valence-electron chi connectivity index (χ0n) is 9.47. The van der Waals surface area contributed by atoms with Crippen molar-refractivity contribution in [3.63, 3.8) is 0 Å². The Morgan fingerprint density at radius 2 is 1.88 bits per heavy atom. The van der Waals surface area contributed by atoms with Gasteiger partial charge in [0.25, 0.3) is 0 Å². The number of benzene rings is 2. The third-order valence-corrected chi connectivity index (χ3v) is 2.54. The number of ether oxygens (including phenoxy) is 1. The van der Waals surface area contributed by atoms with Crippen molar-refractivity contribution in [3.8, 4) is 24.2 Å². The number of fused-ring (bicyclic) bond motifs is 1. The molecule has 2 aromatic carbocycles. The average Bonchev–Trinajstić information content (AvgIpc) is 2.39. The summed E-state index contributed by atoms with van der Waals surface area (Å²) in [5.74, 6) is 3.23. The fourth-order valence-corrected chi connectivity index (χ4v) is 1.70. The molecule has 0 bridgehead atoms. The number of rotatable bonds is 2. The Hall–Kier alpha value is -2.45. The van der Waals surface area contributed by atoms with Crippen molar-refractivity contribution in [2.75, 3.05) is 0 Å². The van der Waals surface area contributed by atoms with E-state index in [0.29, 0.717) is 11.3 Å². The van der Waals surface area contributed by atoms with Gasteiger partial charge in [0.05, 0.1) is 11.6 Å². The summed E-state index contributed by atoms with van der Waals surface area (Å²) in [4.78, 5) is 0. The van der Waals surface area contributed by atoms with Gasteiger partial charge in [0, 0.05) is 10.8 Å². The first kappa shape index (κ1) is 11.0. The van der Waals surface area contributed by atoms with Crippen molar-refractivity contribution in [2.45, 2.75) is 13.0 Å². The molecule has 17 heavy (non-hydrogen) atoms. The number of terminal acetylenes is 1. The molecule has 0 aliphatic carbocycles. The zero-order chi connectivity index (χ0) is 12.3. The molecular formula is C15H11NO. The molecule has 0 radical (unpaired) electrons. The molecule has 1 atom stereocenters. The second-order valence-electron chi connectivity index (χ2n) is 3.70. The van der Waals surface area contributed by atoms with E-state index in [1.54, 1.807) is 12.1 Å². The normalized spacial score (nSPS) is 11.5. The van der Waals surface area contributed by atoms with Crippen molar-refractivity contribution >= 4 is 10.8 Å². The number of hydrogen-bond acceptors (Lipinski definition) is 2. The van der Waals surface area contributed by atoms with E-state index in [0.717, 1.165) is 10.8 Å². The molecule has 0 amide bonds. The molecule has 1 unspecified atom stereocenters. The molecule has 2 nitrogen and oxygen atoms in total. The second kappa shape index (κ2) is 4.60. The van der Waals surface area contributed by atoms with E-state index < -0.39 is 0 Å². The second-order valence-corrected chi connectivity index (χ2v) is 3.70. The van der Waals surface area contributed by atoms with E-state index in [2.05, 4.69) is 12.0 Å². The smallest absolute Gasteiger partial charge is 0.156 e. The molecule has 0 heterocycles.